The molecular weight excluding hydrogens is 576 g/mol. The molecule has 0 atom stereocenters. The van der Waals surface area contributed by atoms with E-state index in [0.717, 1.165) is 38.7 Å². The lowest BCUT2D eigenvalue weighted by molar-refractivity contribution is -0.139. The van der Waals surface area contributed by atoms with E-state index in [2.05, 4.69) is 51.9 Å². The molecule has 206 valence electrons. The van der Waals surface area contributed by atoms with Crippen LogP contribution in [0.4, 0.5) is 5.69 Å². The Kier molecular flexibility index (Phi) is 9.52. The summed E-state index contributed by atoms with van der Waals surface area (Å²) >= 11 is 3.48. The van der Waals surface area contributed by atoms with Crippen LogP contribution in [0.25, 0.3) is 16.8 Å². The summed E-state index contributed by atoms with van der Waals surface area (Å²) in [4.78, 5) is 34.4. The number of carbonyl (C=O) groups excluding carboxylic acids is 2. The zero-order valence-electron chi connectivity index (χ0n) is 22.9. The zero-order chi connectivity index (χ0) is 28.0. The molecule has 0 radical (unpaired) electrons. The number of esters is 1. The van der Waals surface area contributed by atoms with Gasteiger partial charge in [-0.3, -0.25) is 14.6 Å². The molecule has 1 aliphatic rings. The Labute approximate surface area is 239 Å². The lowest BCUT2D eigenvalue weighted by atomic mass is 10.0. The molecule has 0 aliphatic carbocycles. The second kappa shape index (κ2) is 12.8. The van der Waals surface area contributed by atoms with Gasteiger partial charge in [-0.25, -0.2) is 4.98 Å². The van der Waals surface area contributed by atoms with Crippen LogP contribution in [0.2, 0.25) is 25.7 Å². The van der Waals surface area contributed by atoms with Crippen molar-refractivity contribution in [1.82, 2.24) is 14.5 Å². The van der Waals surface area contributed by atoms with E-state index in [9.17, 15) is 9.59 Å². The molecule has 3 heterocycles. The summed E-state index contributed by atoms with van der Waals surface area (Å²) in [6.45, 7) is 8.03. The molecule has 0 spiro atoms. The van der Waals surface area contributed by atoms with Gasteiger partial charge in [0, 0.05) is 49.1 Å². The second-order valence-electron chi connectivity index (χ2n) is 10.8. The normalized spacial score (nSPS) is 14.0. The van der Waals surface area contributed by atoms with Crippen LogP contribution in [-0.4, -0.2) is 48.2 Å². The van der Waals surface area contributed by atoms with Crippen molar-refractivity contribution < 1.29 is 19.1 Å². The molecule has 2 aromatic heterocycles. The smallest absolute Gasteiger partial charge is 0.309 e. The van der Waals surface area contributed by atoms with Gasteiger partial charge in [-0.05, 0) is 58.6 Å². The van der Waals surface area contributed by atoms with Gasteiger partial charge in [-0.2, -0.15) is 0 Å². The van der Waals surface area contributed by atoms with Crippen LogP contribution in [0.5, 0.6) is 0 Å². The Morgan fingerprint density at radius 3 is 2.72 bits per heavy atom. The fourth-order valence-electron chi connectivity index (χ4n) is 4.23. The second-order valence-corrected chi connectivity index (χ2v) is 17.4. The van der Waals surface area contributed by atoms with E-state index in [-0.39, 0.29) is 18.3 Å². The fraction of sp³-hybridized carbons (Fsp3) is 0.379. The average Bonchev–Trinajstić information content (AvgIpc) is 3.30. The Bertz CT molecular complexity index is 1360. The van der Waals surface area contributed by atoms with Gasteiger partial charge in [0.05, 0.1) is 30.6 Å². The molecule has 1 N–H and O–H groups in total. The third-order valence-electron chi connectivity index (χ3n) is 6.41. The maximum atomic E-state index is 12.8. The van der Waals surface area contributed by atoms with E-state index in [4.69, 9.17) is 14.5 Å². The zero-order valence-corrected chi connectivity index (χ0v) is 25.5. The maximum absolute atomic E-state index is 12.8. The minimum absolute atomic E-state index is 0.0851. The molecular formula is C29H35BrN4O4Si. The highest BCUT2D eigenvalue weighted by molar-refractivity contribution is 9.10. The summed E-state index contributed by atoms with van der Waals surface area (Å²) < 4.78 is 13.9. The van der Waals surface area contributed by atoms with E-state index in [0.29, 0.717) is 44.0 Å². The molecule has 1 aliphatic heterocycles. The van der Waals surface area contributed by atoms with Crippen LogP contribution in [-0.2, 0) is 32.2 Å². The summed E-state index contributed by atoms with van der Waals surface area (Å²) in [6, 6.07) is 10.6. The number of amides is 1. The van der Waals surface area contributed by atoms with Gasteiger partial charge in [-0.1, -0.05) is 37.8 Å². The summed E-state index contributed by atoms with van der Waals surface area (Å²) in [5.74, 6) is 0.329. The number of fused-ring (bicyclic) bond motifs is 4. The first kappa shape index (κ1) is 28.9. The Balaban J connectivity index is 1.80. The number of carbonyl (C=O) groups is 2. The fourth-order valence-corrected chi connectivity index (χ4v) is 5.23. The topological polar surface area (TPSA) is 95.3 Å². The Morgan fingerprint density at radius 1 is 1.18 bits per heavy atom. The largest absolute Gasteiger partial charge is 0.469 e. The number of nitrogens with one attached hydrogen (secondary N) is 1. The molecule has 2 bridgehead atoms. The van der Waals surface area contributed by atoms with Gasteiger partial charge < -0.3 is 19.4 Å². The average molecular weight is 612 g/mol. The maximum Gasteiger partial charge on any atom is 0.309 e. The molecule has 0 fully saturated rings. The predicted octanol–water partition coefficient (Wildman–Crippen LogP) is 6.29. The number of hydrogen-bond donors (Lipinski definition) is 1. The Hall–Kier alpha value is -3.08. The number of hydrogen-bond acceptors (Lipinski definition) is 6. The van der Waals surface area contributed by atoms with Crippen LogP contribution >= 0.6 is 15.9 Å². The van der Waals surface area contributed by atoms with Gasteiger partial charge >= 0.3 is 5.97 Å². The van der Waals surface area contributed by atoms with Gasteiger partial charge in [-0.15, -0.1) is 0 Å². The molecule has 0 saturated heterocycles. The van der Waals surface area contributed by atoms with Crippen LogP contribution in [0.3, 0.4) is 0 Å². The molecule has 3 aromatic rings. The first-order chi connectivity index (χ1) is 18.6. The minimum Gasteiger partial charge on any atom is -0.469 e. The van der Waals surface area contributed by atoms with E-state index in [1.807, 2.05) is 41.1 Å². The van der Waals surface area contributed by atoms with Crippen molar-refractivity contribution in [2.45, 2.75) is 58.1 Å². The lowest BCUT2D eigenvalue weighted by Gasteiger charge is -2.16. The summed E-state index contributed by atoms with van der Waals surface area (Å²) in [5, 5.41) is 3.04. The van der Waals surface area contributed by atoms with Gasteiger partial charge in [0.25, 0.3) is 0 Å². The molecule has 39 heavy (non-hydrogen) atoms. The quantitative estimate of drug-likeness (QED) is 0.183. The number of imidazole rings is 1. The number of rotatable bonds is 8. The van der Waals surface area contributed by atoms with Crippen LogP contribution in [0.15, 0.2) is 53.3 Å². The standard InChI is InChI=1S/C29H35BrN4O4Si/c1-37-28(36)16-20-9-11-22-25(15-20)32-27(35)8-6-5-7-23(24-12-10-21(30)17-31-24)29-33-26(22)18-34(29)19-38-13-14-39(2,3)4/h7,9-12,15,17-18H,5-6,8,13-14,16,19H2,1-4H3,(H,32,35). The number of anilines is 1. The third-order valence-corrected chi connectivity index (χ3v) is 8.59. The molecule has 4 rings (SSSR count). The van der Waals surface area contributed by atoms with E-state index < -0.39 is 8.07 Å². The van der Waals surface area contributed by atoms with Crippen LogP contribution in [0.1, 0.15) is 36.3 Å². The number of ether oxygens (including phenoxy) is 2. The Morgan fingerprint density at radius 2 is 2.00 bits per heavy atom. The van der Waals surface area contributed by atoms with Gasteiger partial charge in [0.2, 0.25) is 5.91 Å². The van der Waals surface area contributed by atoms with E-state index in [1.54, 1.807) is 6.20 Å². The van der Waals surface area contributed by atoms with Crippen LogP contribution < -0.4 is 5.32 Å². The number of methoxy groups -OCH3 is 1. The molecule has 10 heteroatoms. The van der Waals surface area contributed by atoms with Crippen molar-refractivity contribution in [3.8, 4) is 11.3 Å². The summed E-state index contributed by atoms with van der Waals surface area (Å²) in [7, 11) is 0.129. The number of benzene rings is 1. The van der Waals surface area contributed by atoms with Crippen LogP contribution in [0, 0.1) is 0 Å². The van der Waals surface area contributed by atoms with Gasteiger partial charge in [0.1, 0.15) is 12.6 Å². The molecule has 0 saturated carbocycles. The molecule has 0 unspecified atom stereocenters. The summed E-state index contributed by atoms with van der Waals surface area (Å²) in [5.41, 5.74) is 4.53. The first-order valence-electron chi connectivity index (χ1n) is 13.1. The predicted molar refractivity (Wildman–Crippen MR) is 159 cm³/mol. The summed E-state index contributed by atoms with van der Waals surface area (Å²) in [6.07, 6.45) is 7.68. The highest BCUT2D eigenvalue weighted by Crippen LogP contribution is 2.33. The van der Waals surface area contributed by atoms with Crippen molar-refractivity contribution in [3.63, 3.8) is 0 Å². The first-order valence-corrected chi connectivity index (χ1v) is 17.6. The number of aromatic nitrogens is 3. The lowest BCUT2D eigenvalue weighted by Crippen LogP contribution is -2.22. The monoisotopic (exact) mass is 610 g/mol. The van der Waals surface area contributed by atoms with E-state index in [1.165, 1.54) is 7.11 Å². The number of halogens is 1. The van der Waals surface area contributed by atoms with Crippen molar-refractivity contribution in [1.29, 1.82) is 0 Å². The molecule has 1 amide bonds. The van der Waals surface area contributed by atoms with Crippen molar-refractivity contribution >= 4 is 47.1 Å². The third kappa shape index (κ3) is 7.97. The number of nitrogens with zero attached hydrogens (tertiary/aromatic N) is 3. The van der Waals surface area contributed by atoms with Crippen molar-refractivity contribution in [2.24, 2.45) is 0 Å². The SMILES string of the molecule is COC(=O)Cc1ccc2c(c1)NC(=O)CCCC=C(c1ccc(Br)cn1)c1nc-2cn1COCC[Si](C)(C)C. The van der Waals surface area contributed by atoms with Gasteiger partial charge in [0.15, 0.2) is 0 Å². The van der Waals surface area contributed by atoms with Crippen molar-refractivity contribution in [2.75, 3.05) is 19.0 Å². The highest BCUT2D eigenvalue weighted by Gasteiger charge is 2.21. The highest BCUT2D eigenvalue weighted by atomic mass is 79.9. The molecule has 8 nitrogen and oxygen atoms in total. The number of pyridine rings is 1. The molecule has 1 aromatic carbocycles. The van der Waals surface area contributed by atoms with E-state index >= 15 is 0 Å². The van der Waals surface area contributed by atoms with Crippen molar-refractivity contribution in [3.05, 3.63) is 70.4 Å². The number of allylic oxidation sites excluding steroid dienone is 1. The minimum atomic E-state index is -1.23.